The molecule has 0 aliphatic carbocycles. The van der Waals surface area contributed by atoms with Crippen LogP contribution >= 0.6 is 0 Å². The second-order valence-electron chi connectivity index (χ2n) is 4.74. The number of hydrogen-bond donors (Lipinski definition) is 1. The fourth-order valence-electron chi connectivity index (χ4n) is 1.93. The number of benzene rings is 1. The molecule has 1 aliphatic heterocycles. The summed E-state index contributed by atoms with van der Waals surface area (Å²) in [6.07, 6.45) is 3.45. The maximum Gasteiger partial charge on any atom is 0.136 e. The smallest absolute Gasteiger partial charge is 0.136 e. The number of hydrogen-bond acceptors (Lipinski definition) is 3. The summed E-state index contributed by atoms with van der Waals surface area (Å²) in [6.45, 7) is 4.67. The summed E-state index contributed by atoms with van der Waals surface area (Å²) in [5.74, 6) is 1.48. The van der Waals surface area contributed by atoms with Gasteiger partial charge in [-0.15, -0.1) is 0 Å². The first-order valence-electron chi connectivity index (χ1n) is 6.44. The van der Waals surface area contributed by atoms with Crippen LogP contribution in [0.15, 0.2) is 36.1 Å². The van der Waals surface area contributed by atoms with Crippen LogP contribution in [0.1, 0.15) is 38.4 Å². The van der Waals surface area contributed by atoms with Crippen molar-refractivity contribution in [2.24, 2.45) is 0 Å². The Morgan fingerprint density at radius 2 is 1.94 bits per heavy atom. The minimum absolute atomic E-state index is 0.158. The topological polar surface area (TPSA) is 38.7 Å². The number of allylic oxidation sites excluding steroid dienone is 1. The van der Waals surface area contributed by atoms with E-state index in [1.165, 1.54) is 0 Å². The van der Waals surface area contributed by atoms with Crippen molar-refractivity contribution in [2.75, 3.05) is 6.61 Å². The summed E-state index contributed by atoms with van der Waals surface area (Å²) in [4.78, 5) is 0. The monoisotopic (exact) mass is 248 g/mol. The van der Waals surface area contributed by atoms with Crippen LogP contribution in [-0.4, -0.2) is 17.8 Å². The third-order valence-corrected chi connectivity index (χ3v) is 2.80. The molecule has 1 aromatic rings. The van der Waals surface area contributed by atoms with Crippen molar-refractivity contribution in [1.82, 2.24) is 0 Å². The molecule has 0 bridgehead atoms. The summed E-state index contributed by atoms with van der Waals surface area (Å²) in [5, 5.41) is 10.2. The summed E-state index contributed by atoms with van der Waals surface area (Å²) in [6, 6.07) is 7.51. The molecule has 0 amide bonds. The zero-order valence-corrected chi connectivity index (χ0v) is 10.9. The molecule has 3 heteroatoms. The largest absolute Gasteiger partial charge is 0.495 e. The Bertz CT molecular complexity index is 406. The molecule has 1 unspecified atom stereocenters. The first-order chi connectivity index (χ1) is 8.66. The SMILES string of the molecule is CC(C)Oc1ccc(C(O)C2=CCCCO2)cc1. The zero-order chi connectivity index (χ0) is 13.0. The van der Waals surface area contributed by atoms with Crippen LogP contribution in [0, 0.1) is 0 Å². The average molecular weight is 248 g/mol. The Hall–Kier alpha value is -1.48. The quantitative estimate of drug-likeness (QED) is 0.889. The molecule has 0 spiro atoms. The summed E-state index contributed by atoms with van der Waals surface area (Å²) >= 11 is 0. The van der Waals surface area contributed by atoms with Crippen LogP contribution in [0.3, 0.4) is 0 Å². The maximum atomic E-state index is 10.2. The predicted octanol–water partition coefficient (Wildman–Crippen LogP) is 3.20. The number of aliphatic hydroxyl groups is 1. The fourth-order valence-corrected chi connectivity index (χ4v) is 1.93. The Kier molecular flexibility index (Phi) is 4.26. The highest BCUT2D eigenvalue weighted by Gasteiger charge is 2.16. The lowest BCUT2D eigenvalue weighted by Gasteiger charge is -2.20. The van der Waals surface area contributed by atoms with Crippen molar-refractivity contribution in [3.8, 4) is 5.75 Å². The van der Waals surface area contributed by atoms with Gasteiger partial charge in [-0.1, -0.05) is 12.1 Å². The van der Waals surface area contributed by atoms with Gasteiger partial charge >= 0.3 is 0 Å². The Morgan fingerprint density at radius 1 is 1.22 bits per heavy atom. The first-order valence-corrected chi connectivity index (χ1v) is 6.44. The van der Waals surface area contributed by atoms with Gasteiger partial charge in [0.2, 0.25) is 0 Å². The van der Waals surface area contributed by atoms with Gasteiger partial charge in [0.05, 0.1) is 12.7 Å². The van der Waals surface area contributed by atoms with Gasteiger partial charge in [-0.2, -0.15) is 0 Å². The molecule has 0 saturated heterocycles. The Morgan fingerprint density at radius 3 is 2.50 bits per heavy atom. The lowest BCUT2D eigenvalue weighted by molar-refractivity contribution is 0.0917. The summed E-state index contributed by atoms with van der Waals surface area (Å²) in [7, 11) is 0. The highest BCUT2D eigenvalue weighted by molar-refractivity contribution is 5.31. The molecule has 18 heavy (non-hydrogen) atoms. The molecule has 0 fully saturated rings. The fraction of sp³-hybridized carbons (Fsp3) is 0.467. The minimum Gasteiger partial charge on any atom is -0.495 e. The van der Waals surface area contributed by atoms with E-state index >= 15 is 0 Å². The van der Waals surface area contributed by atoms with Crippen LogP contribution in [0.4, 0.5) is 0 Å². The van der Waals surface area contributed by atoms with E-state index in [1.807, 2.05) is 44.2 Å². The van der Waals surface area contributed by atoms with Gasteiger partial charge in [-0.3, -0.25) is 0 Å². The molecular weight excluding hydrogens is 228 g/mol. The second kappa shape index (κ2) is 5.91. The summed E-state index contributed by atoms with van der Waals surface area (Å²) < 4.78 is 11.0. The van der Waals surface area contributed by atoms with E-state index in [9.17, 15) is 5.11 Å². The normalized spacial score (nSPS) is 17.0. The third kappa shape index (κ3) is 3.26. The van der Waals surface area contributed by atoms with E-state index in [-0.39, 0.29) is 6.10 Å². The molecule has 0 radical (unpaired) electrons. The van der Waals surface area contributed by atoms with E-state index in [0.717, 1.165) is 24.2 Å². The molecule has 98 valence electrons. The lowest BCUT2D eigenvalue weighted by atomic mass is 10.1. The van der Waals surface area contributed by atoms with Crippen LogP contribution in [0.5, 0.6) is 5.75 Å². The molecule has 0 saturated carbocycles. The highest BCUT2D eigenvalue weighted by atomic mass is 16.5. The van der Waals surface area contributed by atoms with Gasteiger partial charge in [0, 0.05) is 0 Å². The highest BCUT2D eigenvalue weighted by Crippen LogP contribution is 2.27. The molecule has 0 aromatic heterocycles. The number of aliphatic hydroxyl groups excluding tert-OH is 1. The molecular formula is C15H20O3. The van der Waals surface area contributed by atoms with Gasteiger partial charge in [-0.05, 0) is 50.5 Å². The molecule has 2 rings (SSSR count). The minimum atomic E-state index is -0.668. The lowest BCUT2D eigenvalue weighted by Crippen LogP contribution is -2.10. The first kappa shape index (κ1) is 13.0. The van der Waals surface area contributed by atoms with Gasteiger partial charge < -0.3 is 14.6 Å². The van der Waals surface area contributed by atoms with E-state index in [2.05, 4.69) is 0 Å². The van der Waals surface area contributed by atoms with Crippen molar-refractivity contribution in [3.63, 3.8) is 0 Å². The molecule has 1 N–H and O–H groups in total. The Labute approximate surface area is 108 Å². The molecule has 1 atom stereocenters. The molecule has 3 nitrogen and oxygen atoms in total. The standard InChI is InChI=1S/C15H20O3/c1-11(2)18-13-8-6-12(7-9-13)15(16)14-5-3-4-10-17-14/h5-9,11,15-16H,3-4,10H2,1-2H3. The van der Waals surface area contributed by atoms with Gasteiger partial charge in [0.15, 0.2) is 0 Å². The van der Waals surface area contributed by atoms with Crippen molar-refractivity contribution >= 4 is 0 Å². The maximum absolute atomic E-state index is 10.2. The van der Waals surface area contributed by atoms with Crippen molar-refractivity contribution < 1.29 is 14.6 Å². The number of rotatable bonds is 4. The average Bonchev–Trinajstić information content (AvgIpc) is 2.39. The van der Waals surface area contributed by atoms with Crippen LogP contribution in [-0.2, 0) is 4.74 Å². The second-order valence-corrected chi connectivity index (χ2v) is 4.74. The molecule has 1 aromatic carbocycles. The number of ether oxygens (including phenoxy) is 2. The van der Waals surface area contributed by atoms with Gasteiger partial charge in [0.1, 0.15) is 17.6 Å². The Balaban J connectivity index is 2.06. The van der Waals surface area contributed by atoms with Gasteiger partial charge in [0.25, 0.3) is 0 Å². The summed E-state index contributed by atoms with van der Waals surface area (Å²) in [5.41, 5.74) is 0.833. The van der Waals surface area contributed by atoms with Crippen molar-refractivity contribution in [1.29, 1.82) is 0 Å². The van der Waals surface area contributed by atoms with Gasteiger partial charge in [-0.25, -0.2) is 0 Å². The third-order valence-electron chi connectivity index (χ3n) is 2.80. The van der Waals surface area contributed by atoms with E-state index in [1.54, 1.807) is 0 Å². The van der Waals surface area contributed by atoms with Crippen molar-refractivity contribution in [2.45, 2.75) is 38.9 Å². The van der Waals surface area contributed by atoms with Crippen LogP contribution < -0.4 is 4.74 Å². The van der Waals surface area contributed by atoms with E-state index in [0.29, 0.717) is 12.4 Å². The van der Waals surface area contributed by atoms with E-state index in [4.69, 9.17) is 9.47 Å². The van der Waals surface area contributed by atoms with Crippen LogP contribution in [0.2, 0.25) is 0 Å². The molecule has 1 heterocycles. The predicted molar refractivity (Wildman–Crippen MR) is 70.4 cm³/mol. The molecule has 1 aliphatic rings. The van der Waals surface area contributed by atoms with Crippen LogP contribution in [0.25, 0.3) is 0 Å². The van der Waals surface area contributed by atoms with E-state index < -0.39 is 6.10 Å². The zero-order valence-electron chi connectivity index (χ0n) is 10.9. The van der Waals surface area contributed by atoms with Crippen molar-refractivity contribution in [3.05, 3.63) is 41.7 Å².